The van der Waals surface area contributed by atoms with Gasteiger partial charge in [0.25, 0.3) is 5.91 Å². The molecule has 88 heavy (non-hydrogen) atoms. The Hall–Kier alpha value is -8.40. The molecule has 3 aromatic carbocycles. The van der Waals surface area contributed by atoms with Crippen molar-refractivity contribution in [3.05, 3.63) is 89.5 Å². The Morgan fingerprint density at radius 2 is 1.58 bits per heavy atom. The number of amides is 5. The molecule has 12 rings (SSSR count). The number of imidazole rings is 1. The summed E-state index contributed by atoms with van der Waals surface area (Å²) in [4.78, 5) is 100. The second-order valence-electron chi connectivity index (χ2n) is 25.5. The highest BCUT2D eigenvalue weighted by Gasteiger charge is 2.53. The number of aryl methyl sites for hydroxylation is 1. The maximum absolute atomic E-state index is 17.2. The Morgan fingerprint density at radius 1 is 0.886 bits per heavy atom. The number of nitrogens with zero attached hydrogens (tertiary/aromatic N) is 9. The minimum Gasteiger partial charge on any atom is -0.508 e. The van der Waals surface area contributed by atoms with Crippen LogP contribution in [0.25, 0.3) is 44.2 Å². The van der Waals surface area contributed by atoms with Crippen LogP contribution in [0.2, 0.25) is 0 Å². The molecule has 8 heterocycles. The topological polar surface area (TPSA) is 255 Å². The molecule has 5 amide bonds. The molecule has 3 aromatic heterocycles. The van der Waals surface area contributed by atoms with Crippen LogP contribution < -0.4 is 25.6 Å². The molecule has 5 aliphatic heterocycles. The highest BCUT2D eigenvalue weighted by Crippen LogP contribution is 2.42. The molecular weight excluding hydrogens is 1140 g/mol. The number of nitrogens with one attached hydrogen (secondary N) is 4. The van der Waals surface area contributed by atoms with Crippen LogP contribution in [-0.4, -0.2) is 192 Å². The first-order valence-electron chi connectivity index (χ1n) is 30.2. The Morgan fingerprint density at radius 3 is 2.23 bits per heavy atom. The molecule has 4 unspecified atom stereocenters. The maximum Gasteiger partial charge on any atom is 0.319 e. The van der Waals surface area contributed by atoms with Crippen LogP contribution in [0.5, 0.6) is 11.8 Å². The number of halogens is 3. The Bertz CT molecular complexity index is 3750. The number of pyridine rings is 1. The van der Waals surface area contributed by atoms with Gasteiger partial charge in [0.15, 0.2) is 11.5 Å². The molecule has 6 atom stereocenters. The average molecular weight is 1210 g/mol. The number of aromatic hydroxyl groups is 1. The van der Waals surface area contributed by atoms with Gasteiger partial charge >= 0.3 is 6.01 Å². The number of phenolic OH excluding ortho intramolecular Hbond substituents is 1. The van der Waals surface area contributed by atoms with Crippen LogP contribution in [0.15, 0.2) is 61.1 Å². The number of ether oxygens (including phenoxy) is 1. The van der Waals surface area contributed by atoms with Crippen LogP contribution >= 0.6 is 0 Å². The van der Waals surface area contributed by atoms with Crippen molar-refractivity contribution in [1.29, 1.82) is 0 Å². The van der Waals surface area contributed by atoms with E-state index >= 15 is 8.78 Å². The average Bonchev–Trinajstić information content (AvgIpc) is 1.14. The van der Waals surface area contributed by atoms with E-state index in [2.05, 4.69) is 46.7 Å². The SMILES string of the molecule is C#Cc1c(F)ccc2cc(O)cc(-c3ncc4c(N5CC6CCC(C5)N6)nc(OC5CCN(CC(=O)N6CCN(C(=O)C[C@H](NC(=O)C7C[C@H](O)CN7C(=O)C(NC(=O)C7(F)CC7)C(C)(C)C)c7ccc(-c8[nH]cnc8C)cc7)CC6)CC5)nc4c3F)c12. The van der Waals surface area contributed by atoms with Gasteiger partial charge in [0.05, 0.1) is 53.8 Å². The monoisotopic (exact) mass is 1210 g/mol. The summed E-state index contributed by atoms with van der Waals surface area (Å²) in [5.74, 6) is -1.32. The van der Waals surface area contributed by atoms with E-state index in [9.17, 15) is 38.6 Å². The number of hydrogen-bond donors (Lipinski definition) is 6. The lowest BCUT2D eigenvalue weighted by Crippen LogP contribution is -2.59. The normalized spacial score (nSPS) is 21.9. The highest BCUT2D eigenvalue weighted by atomic mass is 19.1. The van der Waals surface area contributed by atoms with Gasteiger partial charge < -0.3 is 55.5 Å². The molecule has 6 fully saturated rings. The van der Waals surface area contributed by atoms with Crippen molar-refractivity contribution < 1.29 is 52.1 Å². The van der Waals surface area contributed by atoms with Crippen molar-refractivity contribution >= 4 is 57.0 Å². The third-order valence-electron chi connectivity index (χ3n) is 18.2. The minimum absolute atomic E-state index is 0.0261. The number of aliphatic hydroxyl groups excluding tert-OH is 1. The fraction of sp³-hybridized carbons (Fsp3) is 0.484. The molecule has 0 spiro atoms. The predicted octanol–water partition coefficient (Wildman–Crippen LogP) is 5.21. The van der Waals surface area contributed by atoms with Crippen molar-refractivity contribution in [2.45, 2.75) is 127 Å². The number of piperidine rings is 1. The van der Waals surface area contributed by atoms with E-state index in [0.29, 0.717) is 61.2 Å². The van der Waals surface area contributed by atoms with Crippen molar-refractivity contribution in [3.63, 3.8) is 0 Å². The zero-order valence-electron chi connectivity index (χ0n) is 49.6. The number of anilines is 1. The van der Waals surface area contributed by atoms with Gasteiger partial charge in [-0.3, -0.25) is 33.9 Å². The van der Waals surface area contributed by atoms with Crippen molar-refractivity contribution in [2.75, 3.05) is 70.3 Å². The molecule has 0 radical (unpaired) electrons. The number of piperazine rings is 2. The number of carbonyl (C=O) groups excluding carboxylic acids is 5. The number of H-pyrrole nitrogens is 1. The molecule has 6 N–H and O–H groups in total. The van der Waals surface area contributed by atoms with Crippen LogP contribution in [0.4, 0.5) is 19.0 Å². The maximum atomic E-state index is 17.2. The van der Waals surface area contributed by atoms with Gasteiger partial charge in [0.1, 0.15) is 46.8 Å². The number of alkyl halides is 1. The summed E-state index contributed by atoms with van der Waals surface area (Å²) < 4.78 is 53.7. The molecule has 6 aromatic rings. The number of aromatic nitrogens is 5. The Labute approximate surface area is 506 Å². The van der Waals surface area contributed by atoms with Gasteiger partial charge in [-0.1, -0.05) is 57.0 Å². The van der Waals surface area contributed by atoms with Gasteiger partial charge in [-0.25, -0.2) is 18.2 Å². The van der Waals surface area contributed by atoms with Gasteiger partial charge in [-0.05, 0) is 85.6 Å². The van der Waals surface area contributed by atoms with Gasteiger partial charge in [0, 0.05) is 94.6 Å². The van der Waals surface area contributed by atoms with E-state index in [1.165, 1.54) is 35.4 Å². The largest absolute Gasteiger partial charge is 0.508 e. The number of benzene rings is 3. The molecular formula is C64H72F3N13O8. The van der Waals surface area contributed by atoms with E-state index in [1.54, 1.807) is 36.9 Å². The van der Waals surface area contributed by atoms with E-state index in [0.717, 1.165) is 29.8 Å². The quantitative estimate of drug-likeness (QED) is 0.0723. The van der Waals surface area contributed by atoms with Crippen molar-refractivity contribution in [2.24, 2.45) is 5.41 Å². The number of carbonyl (C=O) groups is 5. The number of fused-ring (bicyclic) bond motifs is 4. The molecule has 462 valence electrons. The van der Waals surface area contributed by atoms with E-state index in [1.807, 2.05) is 36.1 Å². The molecule has 5 saturated heterocycles. The molecule has 24 heteroatoms. The third kappa shape index (κ3) is 12.1. The molecule has 6 aliphatic rings. The number of likely N-dealkylation sites (tertiary alicyclic amines) is 2. The van der Waals surface area contributed by atoms with Gasteiger partial charge in [0.2, 0.25) is 23.6 Å². The summed E-state index contributed by atoms with van der Waals surface area (Å²) in [7, 11) is 0. The second kappa shape index (κ2) is 23.9. The minimum atomic E-state index is -2.04. The number of hydrogen-bond acceptors (Lipinski definition) is 15. The predicted molar refractivity (Wildman–Crippen MR) is 320 cm³/mol. The number of rotatable bonds is 15. The zero-order valence-corrected chi connectivity index (χ0v) is 49.6. The fourth-order valence-corrected chi connectivity index (χ4v) is 13.1. The zero-order chi connectivity index (χ0) is 61.9. The van der Waals surface area contributed by atoms with Crippen molar-refractivity contribution in [3.8, 4) is 46.6 Å². The molecule has 21 nitrogen and oxygen atoms in total. The first-order valence-corrected chi connectivity index (χ1v) is 30.2. The summed E-state index contributed by atoms with van der Waals surface area (Å²) in [6.45, 7) is 10.3. The number of aromatic amines is 1. The number of phenols is 1. The molecule has 1 saturated carbocycles. The summed E-state index contributed by atoms with van der Waals surface area (Å²) in [5, 5.41) is 31.9. The van der Waals surface area contributed by atoms with Crippen molar-refractivity contribution in [1.82, 2.24) is 60.5 Å². The van der Waals surface area contributed by atoms with Crippen LogP contribution in [0.1, 0.15) is 95.0 Å². The molecule has 2 bridgehead atoms. The Kier molecular flexibility index (Phi) is 16.3. The first kappa shape index (κ1) is 59.9. The van der Waals surface area contributed by atoms with Gasteiger partial charge in [-0.2, -0.15) is 9.97 Å². The third-order valence-corrected chi connectivity index (χ3v) is 18.2. The Balaban J connectivity index is 0.692. The van der Waals surface area contributed by atoms with E-state index in [-0.39, 0.29) is 134 Å². The summed E-state index contributed by atoms with van der Waals surface area (Å²) in [6, 6.07) is 9.91. The highest BCUT2D eigenvalue weighted by molar-refractivity contribution is 6.03. The van der Waals surface area contributed by atoms with Crippen LogP contribution in [-0.2, 0) is 24.0 Å². The lowest BCUT2D eigenvalue weighted by atomic mass is 9.85. The van der Waals surface area contributed by atoms with Gasteiger partial charge in [-0.15, -0.1) is 6.42 Å². The first-order chi connectivity index (χ1) is 42.1. The fourth-order valence-electron chi connectivity index (χ4n) is 13.1. The van der Waals surface area contributed by atoms with E-state index in [4.69, 9.17) is 16.1 Å². The smallest absolute Gasteiger partial charge is 0.319 e. The molecule has 1 aliphatic carbocycles. The van der Waals surface area contributed by atoms with Crippen LogP contribution in [0.3, 0.4) is 0 Å². The lowest BCUT2D eigenvalue weighted by molar-refractivity contribution is -0.145. The number of terminal acetylenes is 1. The number of β-amino-alcohol motifs (C(OH)–C–C–N with tert-alkyl or cyclic N) is 1. The standard InChI is InChI=1S/C64H72F3N13O8/c1-6-44-47(65)14-11-38-25-41(81)26-45(52(38)44)55-53(66)56-46(29-68-55)58(79-30-39-12-13-40(31-79)71-39)75-62(73-56)88-43-15-19-76(20-16-43)33-51(84)78-23-21-77(22-24-78)50(83)28-48(36-7-9-37(10-8-36)54-35(2)69-34-70-54)72-59(85)49-27-42(82)32-80(49)60(86)57(63(3,4)5)74-61(87)64(67)17-18-64/h1,7-11,14,25-26,29,34,39-40,42-43,48-49,57,71,81-82H,12-13,15-24,27-28,30-33H2,2-5H3,(H,69,70)(H,72,85)(H,74,87)/t39?,40?,42-,48-,49?,57?/m0/s1. The van der Waals surface area contributed by atoms with Crippen LogP contribution in [0, 0.1) is 36.3 Å². The summed E-state index contributed by atoms with van der Waals surface area (Å²) in [6.07, 6.45) is 10.3. The van der Waals surface area contributed by atoms with E-state index < -0.39 is 64.7 Å². The lowest BCUT2D eigenvalue weighted by Gasteiger charge is -2.38. The summed E-state index contributed by atoms with van der Waals surface area (Å²) in [5.41, 5.74) is -0.118. The number of aliphatic hydroxyl groups is 1. The summed E-state index contributed by atoms with van der Waals surface area (Å²) >= 11 is 0. The second-order valence-corrected chi connectivity index (χ2v) is 25.5.